The number of nitrogens with two attached hydrogens (primary N) is 1. The number of hydrogen-bond donors (Lipinski definition) is 2. The fourth-order valence-corrected chi connectivity index (χ4v) is 3.42. The van der Waals surface area contributed by atoms with E-state index in [1.54, 1.807) is 0 Å². The molecule has 0 bridgehead atoms. The summed E-state index contributed by atoms with van der Waals surface area (Å²) in [6, 6.07) is 6.23. The quantitative estimate of drug-likeness (QED) is 0.578. The molecule has 1 aromatic rings. The van der Waals surface area contributed by atoms with Crippen LogP contribution in [0.4, 0.5) is 0 Å². The molecule has 0 spiro atoms. The highest BCUT2D eigenvalue weighted by Crippen LogP contribution is 2.23. The van der Waals surface area contributed by atoms with Crippen LogP contribution in [0, 0.1) is 5.92 Å². The summed E-state index contributed by atoms with van der Waals surface area (Å²) in [5, 5.41) is 0.790. The van der Waals surface area contributed by atoms with Gasteiger partial charge in [-0.25, -0.2) is 0 Å². The number of thioether (sulfide) groups is 1. The maximum Gasteiger partial charge on any atom is 0.0449 e. The van der Waals surface area contributed by atoms with E-state index in [0.29, 0.717) is 5.92 Å². The Morgan fingerprint density at radius 2 is 2.11 bits per heavy atom. The van der Waals surface area contributed by atoms with E-state index in [-0.39, 0.29) is 6.04 Å². The standard InChI is InChI=1S/C13H20BrClN2S/c1-9(2)7-18-8-12(17-16)5-10-3-4-11(14)6-13(10)15/h3-4,6,9,12,17H,5,7-8,16H2,1-2H3. The fraction of sp³-hybridized carbons (Fsp3) is 0.538. The molecular formula is C13H20BrClN2S. The van der Waals surface area contributed by atoms with Gasteiger partial charge in [0, 0.05) is 21.3 Å². The molecule has 0 aliphatic carbocycles. The van der Waals surface area contributed by atoms with Crippen molar-refractivity contribution < 1.29 is 0 Å². The zero-order valence-corrected chi connectivity index (χ0v) is 13.9. The summed E-state index contributed by atoms with van der Waals surface area (Å²) in [6.45, 7) is 4.45. The molecule has 18 heavy (non-hydrogen) atoms. The second kappa shape index (κ2) is 8.43. The second-order valence-corrected chi connectivity index (χ2v) is 7.13. The van der Waals surface area contributed by atoms with Crippen molar-refractivity contribution in [2.75, 3.05) is 11.5 Å². The Bertz CT molecular complexity index is 374. The summed E-state index contributed by atoms with van der Waals surface area (Å²) in [6.07, 6.45) is 0.855. The van der Waals surface area contributed by atoms with E-state index >= 15 is 0 Å². The Kier molecular flexibility index (Phi) is 7.64. The molecule has 0 aliphatic heterocycles. The molecule has 3 N–H and O–H groups in total. The molecule has 1 aromatic carbocycles. The molecule has 0 aliphatic rings. The lowest BCUT2D eigenvalue weighted by molar-refractivity contribution is 0.575. The van der Waals surface area contributed by atoms with Gasteiger partial charge >= 0.3 is 0 Å². The van der Waals surface area contributed by atoms with Gasteiger partial charge in [0.05, 0.1) is 0 Å². The smallest absolute Gasteiger partial charge is 0.0449 e. The van der Waals surface area contributed by atoms with E-state index in [0.717, 1.165) is 33.0 Å². The summed E-state index contributed by atoms with van der Waals surface area (Å²) in [4.78, 5) is 0. The molecule has 1 rings (SSSR count). The average Bonchev–Trinajstić information content (AvgIpc) is 2.30. The first-order chi connectivity index (χ1) is 8.52. The van der Waals surface area contributed by atoms with Crippen molar-refractivity contribution >= 4 is 39.3 Å². The predicted molar refractivity (Wildman–Crippen MR) is 86.1 cm³/mol. The molecule has 1 atom stereocenters. The summed E-state index contributed by atoms with van der Waals surface area (Å²) in [5.41, 5.74) is 4.01. The van der Waals surface area contributed by atoms with Gasteiger partial charge in [-0.05, 0) is 35.8 Å². The van der Waals surface area contributed by atoms with E-state index in [2.05, 4.69) is 35.2 Å². The van der Waals surface area contributed by atoms with Gasteiger partial charge in [-0.15, -0.1) is 0 Å². The highest BCUT2D eigenvalue weighted by molar-refractivity contribution is 9.10. The molecule has 5 heteroatoms. The third-order valence-electron chi connectivity index (χ3n) is 2.49. The van der Waals surface area contributed by atoms with Crippen LogP contribution in [-0.2, 0) is 6.42 Å². The molecular weight excluding hydrogens is 332 g/mol. The van der Waals surface area contributed by atoms with Crippen molar-refractivity contribution in [3.05, 3.63) is 33.3 Å². The van der Waals surface area contributed by atoms with Gasteiger partial charge in [-0.1, -0.05) is 47.4 Å². The van der Waals surface area contributed by atoms with Crippen LogP contribution >= 0.6 is 39.3 Å². The summed E-state index contributed by atoms with van der Waals surface area (Å²) in [5.74, 6) is 8.47. The first-order valence-corrected chi connectivity index (χ1v) is 8.33. The second-order valence-electron chi connectivity index (χ2n) is 4.73. The summed E-state index contributed by atoms with van der Waals surface area (Å²) in [7, 11) is 0. The van der Waals surface area contributed by atoms with E-state index in [9.17, 15) is 0 Å². The molecule has 0 saturated carbocycles. The highest BCUT2D eigenvalue weighted by Gasteiger charge is 2.11. The van der Waals surface area contributed by atoms with Gasteiger partial charge in [0.1, 0.15) is 0 Å². The normalized spacial score (nSPS) is 13.0. The molecule has 0 amide bonds. The Morgan fingerprint density at radius 1 is 1.39 bits per heavy atom. The van der Waals surface area contributed by atoms with Crippen molar-refractivity contribution in [2.24, 2.45) is 11.8 Å². The fourth-order valence-electron chi connectivity index (χ4n) is 1.56. The van der Waals surface area contributed by atoms with Crippen LogP contribution < -0.4 is 11.3 Å². The molecule has 0 aromatic heterocycles. The van der Waals surface area contributed by atoms with Crippen LogP contribution in [0.25, 0.3) is 0 Å². The largest absolute Gasteiger partial charge is 0.271 e. The lowest BCUT2D eigenvalue weighted by Gasteiger charge is -2.17. The van der Waals surface area contributed by atoms with Gasteiger partial charge in [-0.2, -0.15) is 11.8 Å². The predicted octanol–water partition coefficient (Wildman–Crippen LogP) is 3.87. The Balaban J connectivity index is 2.51. The first-order valence-electron chi connectivity index (χ1n) is 6.00. The number of benzene rings is 1. The lowest BCUT2D eigenvalue weighted by Crippen LogP contribution is -2.38. The molecule has 0 fully saturated rings. The third-order valence-corrected chi connectivity index (χ3v) is 4.87. The maximum atomic E-state index is 6.21. The van der Waals surface area contributed by atoms with Crippen molar-refractivity contribution in [3.8, 4) is 0 Å². The number of nitrogens with one attached hydrogen (secondary N) is 1. The van der Waals surface area contributed by atoms with E-state index < -0.39 is 0 Å². The van der Waals surface area contributed by atoms with E-state index in [1.807, 2.05) is 30.0 Å². The van der Waals surface area contributed by atoms with Gasteiger partial charge in [0.15, 0.2) is 0 Å². The topological polar surface area (TPSA) is 38.0 Å². The van der Waals surface area contributed by atoms with Crippen LogP contribution in [0.15, 0.2) is 22.7 Å². The molecule has 0 heterocycles. The van der Waals surface area contributed by atoms with Gasteiger partial charge in [0.25, 0.3) is 0 Å². The Labute approximate surface area is 127 Å². The summed E-state index contributed by atoms with van der Waals surface area (Å²) >= 11 is 11.5. The van der Waals surface area contributed by atoms with Gasteiger partial charge in [-0.3, -0.25) is 11.3 Å². The molecule has 102 valence electrons. The Morgan fingerprint density at radius 3 is 2.67 bits per heavy atom. The zero-order chi connectivity index (χ0) is 13.5. The SMILES string of the molecule is CC(C)CSCC(Cc1ccc(Br)cc1Cl)NN. The number of hydrogen-bond acceptors (Lipinski definition) is 3. The van der Waals surface area contributed by atoms with Crippen LogP contribution in [0.5, 0.6) is 0 Å². The van der Waals surface area contributed by atoms with Gasteiger partial charge < -0.3 is 0 Å². The third kappa shape index (κ3) is 5.93. The molecule has 0 saturated heterocycles. The number of rotatable bonds is 7. The van der Waals surface area contributed by atoms with Crippen LogP contribution in [0.3, 0.4) is 0 Å². The van der Waals surface area contributed by atoms with E-state index in [1.165, 1.54) is 0 Å². The van der Waals surface area contributed by atoms with E-state index in [4.69, 9.17) is 17.4 Å². The van der Waals surface area contributed by atoms with Crippen LogP contribution in [-0.4, -0.2) is 17.5 Å². The summed E-state index contributed by atoms with van der Waals surface area (Å²) < 4.78 is 1.00. The zero-order valence-electron chi connectivity index (χ0n) is 10.7. The number of hydrazine groups is 1. The maximum absolute atomic E-state index is 6.21. The monoisotopic (exact) mass is 350 g/mol. The van der Waals surface area contributed by atoms with Gasteiger partial charge in [0.2, 0.25) is 0 Å². The lowest BCUT2D eigenvalue weighted by atomic mass is 10.1. The molecule has 0 radical (unpaired) electrons. The first kappa shape index (κ1) is 16.3. The molecule has 2 nitrogen and oxygen atoms in total. The highest BCUT2D eigenvalue weighted by atomic mass is 79.9. The molecule has 1 unspecified atom stereocenters. The minimum Gasteiger partial charge on any atom is -0.271 e. The minimum atomic E-state index is 0.257. The van der Waals surface area contributed by atoms with Crippen LogP contribution in [0.1, 0.15) is 19.4 Å². The minimum absolute atomic E-state index is 0.257. The van der Waals surface area contributed by atoms with Crippen LogP contribution in [0.2, 0.25) is 5.02 Å². The van der Waals surface area contributed by atoms with Crippen molar-refractivity contribution in [3.63, 3.8) is 0 Å². The average molecular weight is 352 g/mol. The Hall–Kier alpha value is 0.260. The van der Waals surface area contributed by atoms with Crippen molar-refractivity contribution in [2.45, 2.75) is 26.3 Å². The van der Waals surface area contributed by atoms with Crippen molar-refractivity contribution in [1.82, 2.24) is 5.43 Å². The van der Waals surface area contributed by atoms with Crippen molar-refractivity contribution in [1.29, 1.82) is 0 Å². The number of halogens is 2.